The van der Waals surface area contributed by atoms with Crippen LogP contribution in [0.4, 0.5) is 0 Å². The van der Waals surface area contributed by atoms with Gasteiger partial charge in [0.1, 0.15) is 0 Å². The molecule has 5 heteroatoms. The first-order valence-electron chi connectivity index (χ1n) is 8.89. The molecule has 0 saturated carbocycles. The second kappa shape index (κ2) is 7.60. The summed E-state index contributed by atoms with van der Waals surface area (Å²) in [5.74, 6) is 0.280. The number of hydrazone groups is 1. The number of hydrogen-bond donors (Lipinski definition) is 0. The molecule has 128 valence electrons. The van der Waals surface area contributed by atoms with Crippen LogP contribution in [-0.2, 0) is 9.59 Å². The van der Waals surface area contributed by atoms with Gasteiger partial charge in [-0.15, -0.1) is 0 Å². The molecule has 0 bridgehead atoms. The molecule has 1 aromatic rings. The molecule has 2 amide bonds. The number of piperidine rings is 1. The quantitative estimate of drug-likeness (QED) is 0.853. The van der Waals surface area contributed by atoms with Gasteiger partial charge >= 0.3 is 0 Å². The third kappa shape index (κ3) is 3.50. The van der Waals surface area contributed by atoms with Crippen molar-refractivity contribution in [1.29, 1.82) is 0 Å². The Morgan fingerprint density at radius 1 is 1.17 bits per heavy atom. The molecule has 0 aromatic heterocycles. The third-order valence-corrected chi connectivity index (χ3v) is 4.90. The molecule has 1 atom stereocenters. The second-order valence-corrected chi connectivity index (χ2v) is 6.55. The van der Waals surface area contributed by atoms with E-state index in [0.717, 1.165) is 31.2 Å². The molecule has 1 unspecified atom stereocenters. The van der Waals surface area contributed by atoms with Gasteiger partial charge in [-0.1, -0.05) is 37.3 Å². The predicted molar refractivity (Wildman–Crippen MR) is 93.4 cm³/mol. The van der Waals surface area contributed by atoms with Gasteiger partial charge in [0.05, 0.1) is 6.04 Å². The summed E-state index contributed by atoms with van der Waals surface area (Å²) in [4.78, 5) is 26.8. The largest absolute Gasteiger partial charge is 0.343 e. The van der Waals surface area contributed by atoms with Crippen LogP contribution in [0.15, 0.2) is 35.4 Å². The average Bonchev–Trinajstić information content (AvgIpc) is 3.12. The van der Waals surface area contributed by atoms with Gasteiger partial charge in [0.25, 0.3) is 0 Å². The molecule has 1 aromatic carbocycles. The van der Waals surface area contributed by atoms with Crippen molar-refractivity contribution in [1.82, 2.24) is 9.91 Å². The maximum Gasteiger partial charge on any atom is 0.246 e. The molecule has 0 radical (unpaired) electrons. The van der Waals surface area contributed by atoms with E-state index in [0.29, 0.717) is 19.5 Å². The van der Waals surface area contributed by atoms with E-state index in [9.17, 15) is 9.59 Å². The topological polar surface area (TPSA) is 53.0 Å². The summed E-state index contributed by atoms with van der Waals surface area (Å²) in [6.45, 7) is 3.38. The summed E-state index contributed by atoms with van der Waals surface area (Å²) in [7, 11) is 0. The number of carbonyl (C=O) groups is 2. The van der Waals surface area contributed by atoms with E-state index in [1.165, 1.54) is 0 Å². The number of likely N-dealkylation sites (tertiary alicyclic amines) is 1. The molecule has 2 aliphatic rings. The lowest BCUT2D eigenvalue weighted by Gasteiger charge is -2.33. The first kappa shape index (κ1) is 16.7. The molecule has 0 N–H and O–H groups in total. The zero-order valence-electron chi connectivity index (χ0n) is 14.2. The van der Waals surface area contributed by atoms with Crippen LogP contribution < -0.4 is 0 Å². The van der Waals surface area contributed by atoms with Gasteiger partial charge in [0.2, 0.25) is 11.8 Å². The van der Waals surface area contributed by atoms with Crippen LogP contribution >= 0.6 is 0 Å². The van der Waals surface area contributed by atoms with E-state index in [2.05, 4.69) is 5.10 Å². The van der Waals surface area contributed by atoms with Crippen molar-refractivity contribution >= 4 is 18.0 Å². The number of nitrogens with zero attached hydrogens (tertiary/aromatic N) is 3. The maximum absolute atomic E-state index is 12.9. The fourth-order valence-electron chi connectivity index (χ4n) is 3.51. The first-order chi connectivity index (χ1) is 11.7. The molecular formula is C19H25N3O2. The van der Waals surface area contributed by atoms with E-state index in [1.807, 2.05) is 48.4 Å². The fraction of sp³-hybridized carbons (Fsp3) is 0.526. The van der Waals surface area contributed by atoms with Crippen LogP contribution in [0.3, 0.4) is 0 Å². The van der Waals surface area contributed by atoms with Crippen LogP contribution in [0, 0.1) is 5.92 Å². The van der Waals surface area contributed by atoms with Crippen molar-refractivity contribution in [2.24, 2.45) is 11.0 Å². The molecule has 2 aliphatic heterocycles. The maximum atomic E-state index is 12.9. The van der Waals surface area contributed by atoms with Crippen molar-refractivity contribution in [2.75, 3.05) is 13.1 Å². The Balaban J connectivity index is 1.61. The SMILES string of the molecule is CCCC(=O)N1CCC(C(=O)N2N=CCC2c2ccccc2)CC1. The lowest BCUT2D eigenvalue weighted by molar-refractivity contribution is -0.142. The third-order valence-electron chi connectivity index (χ3n) is 4.90. The van der Waals surface area contributed by atoms with E-state index in [-0.39, 0.29) is 23.8 Å². The van der Waals surface area contributed by atoms with Crippen molar-refractivity contribution in [3.05, 3.63) is 35.9 Å². The Hall–Kier alpha value is -2.17. The molecule has 0 spiro atoms. The Morgan fingerprint density at radius 3 is 2.54 bits per heavy atom. The minimum absolute atomic E-state index is 0.0125. The molecule has 3 rings (SSSR count). The summed E-state index contributed by atoms with van der Waals surface area (Å²) in [5.41, 5.74) is 1.12. The number of carbonyl (C=O) groups excluding carboxylic acids is 2. The summed E-state index contributed by atoms with van der Waals surface area (Å²) in [6.07, 6.45) is 5.55. The molecule has 1 saturated heterocycles. The highest BCUT2D eigenvalue weighted by molar-refractivity contribution is 5.82. The molecule has 2 heterocycles. The number of benzene rings is 1. The van der Waals surface area contributed by atoms with Crippen LogP contribution in [-0.4, -0.2) is 41.0 Å². The van der Waals surface area contributed by atoms with Gasteiger partial charge in [-0.2, -0.15) is 5.10 Å². The number of rotatable bonds is 4. The lowest BCUT2D eigenvalue weighted by atomic mass is 9.94. The van der Waals surface area contributed by atoms with Crippen LogP contribution in [0.1, 0.15) is 50.6 Å². The number of hydrogen-bond acceptors (Lipinski definition) is 3. The Bertz CT molecular complexity index is 606. The Morgan fingerprint density at radius 2 is 1.88 bits per heavy atom. The van der Waals surface area contributed by atoms with Crippen LogP contribution in [0.5, 0.6) is 0 Å². The van der Waals surface area contributed by atoms with Crippen molar-refractivity contribution in [2.45, 2.75) is 45.1 Å². The smallest absolute Gasteiger partial charge is 0.246 e. The van der Waals surface area contributed by atoms with Gasteiger partial charge in [-0.3, -0.25) is 9.59 Å². The van der Waals surface area contributed by atoms with E-state index in [4.69, 9.17) is 0 Å². The summed E-state index contributed by atoms with van der Waals surface area (Å²) >= 11 is 0. The summed E-state index contributed by atoms with van der Waals surface area (Å²) < 4.78 is 0. The minimum atomic E-state index is -0.0304. The van der Waals surface area contributed by atoms with Gasteiger partial charge in [0.15, 0.2) is 0 Å². The summed E-state index contributed by atoms with van der Waals surface area (Å²) in [6, 6.07) is 10.1. The highest BCUT2D eigenvalue weighted by Gasteiger charge is 2.35. The van der Waals surface area contributed by atoms with E-state index in [1.54, 1.807) is 5.01 Å². The second-order valence-electron chi connectivity index (χ2n) is 6.55. The minimum Gasteiger partial charge on any atom is -0.343 e. The van der Waals surface area contributed by atoms with Crippen molar-refractivity contribution < 1.29 is 9.59 Å². The standard InChI is InChI=1S/C19H25N3O2/c1-2-6-18(23)21-13-10-16(11-14-21)19(24)22-17(9-12-20-22)15-7-4-3-5-8-15/h3-5,7-8,12,16-17H,2,6,9-11,13-14H2,1H3. The van der Waals surface area contributed by atoms with E-state index >= 15 is 0 Å². The van der Waals surface area contributed by atoms with Crippen molar-refractivity contribution in [3.63, 3.8) is 0 Å². The molecule has 0 aliphatic carbocycles. The molecular weight excluding hydrogens is 302 g/mol. The monoisotopic (exact) mass is 327 g/mol. The highest BCUT2D eigenvalue weighted by Crippen LogP contribution is 2.31. The predicted octanol–water partition coefficient (Wildman–Crippen LogP) is 2.98. The normalized spacial score (nSPS) is 21.3. The highest BCUT2D eigenvalue weighted by atomic mass is 16.2. The molecule has 5 nitrogen and oxygen atoms in total. The fourth-order valence-corrected chi connectivity index (χ4v) is 3.51. The van der Waals surface area contributed by atoms with Crippen molar-refractivity contribution in [3.8, 4) is 0 Å². The molecule has 24 heavy (non-hydrogen) atoms. The van der Waals surface area contributed by atoms with Crippen LogP contribution in [0.25, 0.3) is 0 Å². The lowest BCUT2D eigenvalue weighted by Crippen LogP contribution is -2.43. The van der Waals surface area contributed by atoms with E-state index < -0.39 is 0 Å². The Labute approximate surface area is 143 Å². The average molecular weight is 327 g/mol. The zero-order valence-corrected chi connectivity index (χ0v) is 14.2. The van der Waals surface area contributed by atoms with Gasteiger partial charge < -0.3 is 4.90 Å². The van der Waals surface area contributed by atoms with Gasteiger partial charge in [0, 0.05) is 38.1 Å². The zero-order chi connectivity index (χ0) is 16.9. The number of amides is 2. The van der Waals surface area contributed by atoms with Crippen LogP contribution in [0.2, 0.25) is 0 Å². The first-order valence-corrected chi connectivity index (χ1v) is 8.89. The van der Waals surface area contributed by atoms with Gasteiger partial charge in [-0.25, -0.2) is 5.01 Å². The molecule has 1 fully saturated rings. The van der Waals surface area contributed by atoms with Gasteiger partial charge in [-0.05, 0) is 24.8 Å². The Kier molecular flexibility index (Phi) is 5.28. The summed E-state index contributed by atoms with van der Waals surface area (Å²) in [5, 5.41) is 5.99.